The summed E-state index contributed by atoms with van der Waals surface area (Å²) in [6.07, 6.45) is 3.06. The first-order valence-corrected chi connectivity index (χ1v) is 5.37. The molecule has 18 heavy (non-hydrogen) atoms. The molecule has 0 amide bonds. The third-order valence-corrected chi connectivity index (χ3v) is 2.29. The minimum atomic E-state index is -0.483. The van der Waals surface area contributed by atoms with Crippen LogP contribution in [0.3, 0.4) is 0 Å². The summed E-state index contributed by atoms with van der Waals surface area (Å²) in [7, 11) is 0. The van der Waals surface area contributed by atoms with Crippen molar-refractivity contribution in [2.45, 2.75) is 0 Å². The molecule has 1 N–H and O–H groups in total. The highest BCUT2D eigenvalue weighted by Gasteiger charge is 2.01. The van der Waals surface area contributed by atoms with Crippen LogP contribution in [0.1, 0.15) is 0 Å². The van der Waals surface area contributed by atoms with Crippen LogP contribution in [0.4, 0.5) is 0 Å². The van der Waals surface area contributed by atoms with Crippen LogP contribution in [-0.2, 0) is 0 Å². The number of benzene rings is 1. The van der Waals surface area contributed by atoms with Crippen molar-refractivity contribution in [2.24, 2.45) is 0 Å². The zero-order valence-corrected chi connectivity index (χ0v) is 9.63. The molecule has 0 saturated heterocycles. The van der Waals surface area contributed by atoms with Crippen molar-refractivity contribution < 1.29 is 4.74 Å². The standard InChI is InChI=1S/C13H12N2O3/c1-2-8-18-11-5-3-4-10(9-11)15-7-6-12(16)14-13(15)17/h2-7,9H,1,8H2,(H,14,16,17). The normalized spacial score (nSPS) is 10.0. The summed E-state index contributed by atoms with van der Waals surface area (Å²) in [5.74, 6) is 0.630. The lowest BCUT2D eigenvalue weighted by Gasteiger charge is -2.07. The molecule has 0 aliphatic heterocycles. The Bertz CT molecular complexity index is 670. The van der Waals surface area contributed by atoms with Gasteiger partial charge in [-0.05, 0) is 12.1 Å². The molecule has 0 atom stereocenters. The van der Waals surface area contributed by atoms with E-state index in [2.05, 4.69) is 11.6 Å². The van der Waals surface area contributed by atoms with E-state index in [-0.39, 0.29) is 0 Å². The van der Waals surface area contributed by atoms with Gasteiger partial charge in [-0.25, -0.2) is 4.79 Å². The van der Waals surface area contributed by atoms with Gasteiger partial charge in [-0.3, -0.25) is 14.3 Å². The molecule has 0 fully saturated rings. The van der Waals surface area contributed by atoms with E-state index in [9.17, 15) is 9.59 Å². The zero-order valence-electron chi connectivity index (χ0n) is 9.63. The van der Waals surface area contributed by atoms with Crippen LogP contribution in [-0.4, -0.2) is 16.2 Å². The first kappa shape index (κ1) is 11.9. The largest absolute Gasteiger partial charge is 0.489 e. The molecule has 1 aromatic carbocycles. The molecule has 0 bridgehead atoms. The summed E-state index contributed by atoms with van der Waals surface area (Å²) in [6.45, 7) is 3.95. The summed E-state index contributed by atoms with van der Waals surface area (Å²) in [5, 5.41) is 0. The molecule has 0 unspecified atom stereocenters. The van der Waals surface area contributed by atoms with Crippen molar-refractivity contribution in [3.63, 3.8) is 0 Å². The lowest BCUT2D eigenvalue weighted by Crippen LogP contribution is -2.27. The molecule has 0 spiro atoms. The molecule has 0 saturated carbocycles. The van der Waals surface area contributed by atoms with E-state index < -0.39 is 11.2 Å². The Kier molecular flexibility index (Phi) is 3.43. The van der Waals surface area contributed by atoms with Crippen LogP contribution in [0.25, 0.3) is 5.69 Å². The Morgan fingerprint density at radius 1 is 1.33 bits per heavy atom. The molecule has 5 heteroatoms. The van der Waals surface area contributed by atoms with Gasteiger partial charge in [-0.1, -0.05) is 18.7 Å². The van der Waals surface area contributed by atoms with Crippen LogP contribution in [0.5, 0.6) is 5.75 Å². The molecule has 92 valence electrons. The van der Waals surface area contributed by atoms with Crippen molar-refractivity contribution in [3.05, 3.63) is 70.0 Å². The minimum absolute atomic E-state index is 0.393. The number of ether oxygens (including phenoxy) is 1. The van der Waals surface area contributed by atoms with Crippen LogP contribution >= 0.6 is 0 Å². The van der Waals surface area contributed by atoms with E-state index in [1.54, 1.807) is 30.3 Å². The van der Waals surface area contributed by atoms with Gasteiger partial charge in [-0.15, -0.1) is 0 Å². The van der Waals surface area contributed by atoms with E-state index >= 15 is 0 Å². The van der Waals surface area contributed by atoms with Crippen molar-refractivity contribution >= 4 is 0 Å². The van der Waals surface area contributed by atoms with Gasteiger partial charge in [0.05, 0.1) is 5.69 Å². The Labute approximate surface area is 103 Å². The lowest BCUT2D eigenvalue weighted by atomic mass is 10.3. The predicted octanol–water partition coefficient (Wildman–Crippen LogP) is 1.09. The van der Waals surface area contributed by atoms with Gasteiger partial charge in [0.1, 0.15) is 12.4 Å². The number of hydrogen-bond acceptors (Lipinski definition) is 3. The quantitative estimate of drug-likeness (QED) is 0.819. The maximum atomic E-state index is 11.6. The van der Waals surface area contributed by atoms with Crippen LogP contribution in [0.2, 0.25) is 0 Å². The van der Waals surface area contributed by atoms with Crippen molar-refractivity contribution in [2.75, 3.05) is 6.61 Å². The Morgan fingerprint density at radius 2 is 2.17 bits per heavy atom. The molecular weight excluding hydrogens is 232 g/mol. The van der Waals surface area contributed by atoms with Crippen LogP contribution in [0.15, 0.2) is 58.8 Å². The maximum absolute atomic E-state index is 11.6. The predicted molar refractivity (Wildman–Crippen MR) is 68.4 cm³/mol. The Hall–Kier alpha value is -2.56. The van der Waals surface area contributed by atoms with E-state index in [0.717, 1.165) is 0 Å². The number of aromatic nitrogens is 2. The summed E-state index contributed by atoms with van der Waals surface area (Å²) >= 11 is 0. The summed E-state index contributed by atoms with van der Waals surface area (Å²) < 4.78 is 6.71. The third-order valence-electron chi connectivity index (χ3n) is 2.29. The molecule has 0 aliphatic carbocycles. The number of nitrogens with zero attached hydrogens (tertiary/aromatic N) is 1. The molecule has 0 aliphatic rings. The van der Waals surface area contributed by atoms with Gasteiger partial charge in [0.25, 0.3) is 5.56 Å². The van der Waals surface area contributed by atoms with Crippen LogP contribution in [0, 0.1) is 0 Å². The first-order chi connectivity index (χ1) is 8.70. The van der Waals surface area contributed by atoms with E-state index in [0.29, 0.717) is 18.0 Å². The topological polar surface area (TPSA) is 64.1 Å². The van der Waals surface area contributed by atoms with E-state index in [1.807, 2.05) is 0 Å². The molecule has 0 radical (unpaired) electrons. The van der Waals surface area contributed by atoms with Gasteiger partial charge >= 0.3 is 5.69 Å². The number of aromatic amines is 1. The molecular formula is C13H12N2O3. The second kappa shape index (κ2) is 5.18. The van der Waals surface area contributed by atoms with Gasteiger partial charge in [-0.2, -0.15) is 0 Å². The van der Waals surface area contributed by atoms with Gasteiger partial charge in [0.2, 0.25) is 0 Å². The Balaban J connectivity index is 2.41. The maximum Gasteiger partial charge on any atom is 0.332 e. The van der Waals surface area contributed by atoms with Crippen molar-refractivity contribution in [1.29, 1.82) is 0 Å². The second-order valence-corrected chi connectivity index (χ2v) is 3.58. The number of nitrogens with one attached hydrogen (secondary N) is 1. The van der Waals surface area contributed by atoms with E-state index in [4.69, 9.17) is 4.74 Å². The zero-order chi connectivity index (χ0) is 13.0. The average molecular weight is 244 g/mol. The fraction of sp³-hybridized carbons (Fsp3) is 0.0769. The highest BCUT2D eigenvalue weighted by molar-refractivity contribution is 5.39. The van der Waals surface area contributed by atoms with Crippen LogP contribution < -0.4 is 16.0 Å². The molecule has 2 rings (SSSR count). The van der Waals surface area contributed by atoms with Gasteiger partial charge < -0.3 is 4.74 Å². The molecule has 5 nitrogen and oxygen atoms in total. The smallest absolute Gasteiger partial charge is 0.332 e. The van der Waals surface area contributed by atoms with Crippen molar-refractivity contribution in [3.8, 4) is 11.4 Å². The number of H-pyrrole nitrogens is 1. The summed E-state index contributed by atoms with van der Waals surface area (Å²) in [4.78, 5) is 24.8. The lowest BCUT2D eigenvalue weighted by molar-refractivity contribution is 0.363. The Morgan fingerprint density at radius 3 is 2.89 bits per heavy atom. The van der Waals surface area contributed by atoms with Gasteiger partial charge in [0.15, 0.2) is 0 Å². The van der Waals surface area contributed by atoms with E-state index in [1.165, 1.54) is 16.8 Å². The van der Waals surface area contributed by atoms with Crippen molar-refractivity contribution in [1.82, 2.24) is 9.55 Å². The molecule has 2 aromatic rings. The summed E-state index contributed by atoms with van der Waals surface area (Å²) in [5.41, 5.74) is -0.281. The summed E-state index contributed by atoms with van der Waals surface area (Å²) in [6, 6.07) is 8.30. The number of hydrogen-bond donors (Lipinski definition) is 1. The van der Waals surface area contributed by atoms with Gasteiger partial charge in [0, 0.05) is 18.3 Å². The fourth-order valence-corrected chi connectivity index (χ4v) is 1.50. The SMILES string of the molecule is C=CCOc1cccc(-n2ccc(=O)[nH]c2=O)c1. The highest BCUT2D eigenvalue weighted by Crippen LogP contribution is 2.15. The average Bonchev–Trinajstić information content (AvgIpc) is 2.36. The second-order valence-electron chi connectivity index (χ2n) is 3.58. The minimum Gasteiger partial charge on any atom is -0.489 e. The fourth-order valence-electron chi connectivity index (χ4n) is 1.50. The number of rotatable bonds is 4. The third kappa shape index (κ3) is 2.57. The molecule has 1 aromatic heterocycles. The highest BCUT2D eigenvalue weighted by atomic mass is 16.5. The monoisotopic (exact) mass is 244 g/mol. The first-order valence-electron chi connectivity index (χ1n) is 5.37. The molecule has 1 heterocycles.